The van der Waals surface area contributed by atoms with E-state index in [-0.39, 0.29) is 0 Å². The number of hydrogen-bond donors (Lipinski definition) is 1. The smallest absolute Gasteiger partial charge is 0.216 e. The summed E-state index contributed by atoms with van der Waals surface area (Å²) < 4.78 is 7.51. The maximum Gasteiger partial charge on any atom is 0.216 e. The minimum atomic E-state index is 0.452. The van der Waals surface area contributed by atoms with Gasteiger partial charge in [-0.15, -0.1) is 0 Å². The van der Waals surface area contributed by atoms with Crippen LogP contribution in [0.1, 0.15) is 18.1 Å². The quantitative estimate of drug-likeness (QED) is 0.560. The van der Waals surface area contributed by atoms with E-state index < -0.39 is 0 Å². The molecule has 0 amide bonds. The van der Waals surface area contributed by atoms with Gasteiger partial charge in [-0.3, -0.25) is 0 Å². The number of rotatable bonds is 5. The Hall–Kier alpha value is -2.73. The Morgan fingerprint density at radius 1 is 1.17 bits per heavy atom. The lowest BCUT2D eigenvalue weighted by atomic mass is 10.1. The van der Waals surface area contributed by atoms with E-state index in [0.29, 0.717) is 17.2 Å². The van der Waals surface area contributed by atoms with Crippen LogP contribution in [0.25, 0.3) is 11.4 Å². The van der Waals surface area contributed by atoms with Crippen LogP contribution in [-0.2, 0) is 0 Å². The first kappa shape index (κ1) is 16.1. The Balaban J connectivity index is 1.88. The molecule has 0 atom stereocenters. The van der Waals surface area contributed by atoms with Crippen molar-refractivity contribution in [2.75, 3.05) is 6.61 Å². The van der Waals surface area contributed by atoms with Gasteiger partial charge < -0.3 is 4.74 Å². The van der Waals surface area contributed by atoms with Crippen molar-refractivity contribution in [1.82, 2.24) is 14.9 Å². The minimum absolute atomic E-state index is 0.452. The van der Waals surface area contributed by atoms with Gasteiger partial charge in [-0.1, -0.05) is 29.8 Å². The van der Waals surface area contributed by atoms with Crippen LogP contribution in [0.4, 0.5) is 0 Å². The number of aryl methyl sites for hydroxylation is 1. The standard InChI is InChI=1S/C18H18N4OS/c1-3-23-16-10-6-14(7-11-16)12-19-22-17(20-21-18(22)24)15-8-4-13(2)5-9-15/h4-12H,3H2,1-2H3,(H,21,24)/b19-12-. The number of H-pyrrole nitrogens is 1. The van der Waals surface area contributed by atoms with Crippen molar-refractivity contribution in [1.29, 1.82) is 0 Å². The molecular weight excluding hydrogens is 320 g/mol. The van der Waals surface area contributed by atoms with E-state index in [1.54, 1.807) is 10.9 Å². The third-order valence-electron chi connectivity index (χ3n) is 3.47. The number of aromatic amines is 1. The van der Waals surface area contributed by atoms with E-state index >= 15 is 0 Å². The van der Waals surface area contributed by atoms with Crippen LogP contribution in [0.15, 0.2) is 53.6 Å². The van der Waals surface area contributed by atoms with Crippen LogP contribution in [0.3, 0.4) is 0 Å². The molecule has 5 nitrogen and oxygen atoms in total. The lowest BCUT2D eigenvalue weighted by Gasteiger charge is -2.03. The van der Waals surface area contributed by atoms with E-state index in [4.69, 9.17) is 17.0 Å². The van der Waals surface area contributed by atoms with Gasteiger partial charge >= 0.3 is 0 Å². The predicted octanol–water partition coefficient (Wildman–Crippen LogP) is 4.20. The van der Waals surface area contributed by atoms with Crippen molar-refractivity contribution in [3.05, 3.63) is 64.4 Å². The number of benzene rings is 2. The summed E-state index contributed by atoms with van der Waals surface area (Å²) in [5.41, 5.74) is 3.10. The normalized spacial score (nSPS) is 11.1. The van der Waals surface area contributed by atoms with Crippen LogP contribution >= 0.6 is 12.2 Å². The van der Waals surface area contributed by atoms with Crippen LogP contribution < -0.4 is 4.74 Å². The average Bonchev–Trinajstić information content (AvgIpc) is 2.96. The van der Waals surface area contributed by atoms with Crippen LogP contribution in [0.5, 0.6) is 5.75 Å². The maximum atomic E-state index is 5.44. The van der Waals surface area contributed by atoms with Gasteiger partial charge in [0.1, 0.15) is 5.75 Å². The van der Waals surface area contributed by atoms with Gasteiger partial charge in [-0.25, -0.2) is 5.10 Å². The summed E-state index contributed by atoms with van der Waals surface area (Å²) in [6, 6.07) is 15.8. The van der Waals surface area contributed by atoms with Crippen molar-refractivity contribution in [2.45, 2.75) is 13.8 Å². The molecule has 24 heavy (non-hydrogen) atoms. The molecule has 1 aromatic heterocycles. The number of nitrogens with zero attached hydrogens (tertiary/aromatic N) is 3. The Morgan fingerprint density at radius 3 is 2.54 bits per heavy atom. The fourth-order valence-corrected chi connectivity index (χ4v) is 2.41. The fourth-order valence-electron chi connectivity index (χ4n) is 2.23. The summed E-state index contributed by atoms with van der Waals surface area (Å²) >= 11 is 5.28. The van der Waals surface area contributed by atoms with Crippen molar-refractivity contribution >= 4 is 18.4 Å². The highest BCUT2D eigenvalue weighted by molar-refractivity contribution is 7.71. The molecule has 0 saturated carbocycles. The van der Waals surface area contributed by atoms with Gasteiger partial charge in [0.15, 0.2) is 5.82 Å². The van der Waals surface area contributed by atoms with E-state index in [0.717, 1.165) is 16.9 Å². The third kappa shape index (κ3) is 3.60. The molecule has 3 rings (SSSR count). The number of ether oxygens (including phenoxy) is 1. The van der Waals surface area contributed by atoms with Crippen molar-refractivity contribution < 1.29 is 4.74 Å². The molecule has 0 fully saturated rings. The number of aromatic nitrogens is 3. The molecule has 2 aromatic carbocycles. The molecule has 122 valence electrons. The first-order chi connectivity index (χ1) is 11.7. The lowest BCUT2D eigenvalue weighted by Crippen LogP contribution is -1.95. The summed E-state index contributed by atoms with van der Waals surface area (Å²) in [7, 11) is 0. The maximum absolute atomic E-state index is 5.44. The second-order valence-electron chi connectivity index (χ2n) is 5.28. The van der Waals surface area contributed by atoms with Gasteiger partial charge in [-0.05, 0) is 55.9 Å². The molecule has 0 radical (unpaired) electrons. The van der Waals surface area contributed by atoms with Gasteiger partial charge in [0.25, 0.3) is 0 Å². The third-order valence-corrected chi connectivity index (χ3v) is 3.74. The second kappa shape index (κ2) is 7.23. The summed E-state index contributed by atoms with van der Waals surface area (Å²) in [6.07, 6.45) is 1.75. The van der Waals surface area contributed by atoms with E-state index in [9.17, 15) is 0 Å². The lowest BCUT2D eigenvalue weighted by molar-refractivity contribution is 0.340. The van der Waals surface area contributed by atoms with Gasteiger partial charge in [0.2, 0.25) is 4.77 Å². The molecule has 3 aromatic rings. The van der Waals surface area contributed by atoms with Crippen LogP contribution in [0.2, 0.25) is 0 Å². The van der Waals surface area contributed by atoms with Crippen LogP contribution in [-0.4, -0.2) is 27.7 Å². The predicted molar refractivity (Wildman–Crippen MR) is 98.2 cm³/mol. The molecule has 0 aliphatic carbocycles. The largest absolute Gasteiger partial charge is 0.494 e. The molecular formula is C18H18N4OS. The Bertz CT molecular complexity index is 892. The zero-order valence-electron chi connectivity index (χ0n) is 13.6. The number of nitrogens with one attached hydrogen (secondary N) is 1. The van der Waals surface area contributed by atoms with Crippen molar-refractivity contribution in [2.24, 2.45) is 5.10 Å². The monoisotopic (exact) mass is 338 g/mol. The zero-order valence-corrected chi connectivity index (χ0v) is 14.4. The summed E-state index contributed by atoms with van der Waals surface area (Å²) in [5.74, 6) is 1.53. The Labute approximate surface area is 145 Å². The summed E-state index contributed by atoms with van der Waals surface area (Å²) in [5, 5.41) is 11.5. The topological polar surface area (TPSA) is 55.2 Å². The zero-order chi connectivity index (χ0) is 16.9. The van der Waals surface area contributed by atoms with Crippen molar-refractivity contribution in [3.63, 3.8) is 0 Å². The second-order valence-corrected chi connectivity index (χ2v) is 5.66. The fraction of sp³-hybridized carbons (Fsp3) is 0.167. The Morgan fingerprint density at radius 2 is 1.88 bits per heavy atom. The summed E-state index contributed by atoms with van der Waals surface area (Å²) in [4.78, 5) is 0. The molecule has 6 heteroatoms. The average molecular weight is 338 g/mol. The molecule has 1 N–H and O–H groups in total. The summed E-state index contributed by atoms with van der Waals surface area (Å²) in [6.45, 7) is 4.66. The van der Waals surface area contributed by atoms with Gasteiger partial charge in [0, 0.05) is 5.56 Å². The van der Waals surface area contributed by atoms with E-state index in [1.807, 2.05) is 62.4 Å². The highest BCUT2D eigenvalue weighted by Crippen LogP contribution is 2.18. The first-order valence-corrected chi connectivity index (χ1v) is 8.10. The number of hydrogen-bond acceptors (Lipinski definition) is 4. The molecule has 1 heterocycles. The molecule has 0 aliphatic heterocycles. The van der Waals surface area contributed by atoms with Crippen LogP contribution in [0, 0.1) is 11.7 Å². The van der Waals surface area contributed by atoms with E-state index in [2.05, 4.69) is 15.3 Å². The highest BCUT2D eigenvalue weighted by atomic mass is 32.1. The van der Waals surface area contributed by atoms with Crippen molar-refractivity contribution in [3.8, 4) is 17.1 Å². The molecule has 0 unspecified atom stereocenters. The van der Waals surface area contributed by atoms with E-state index in [1.165, 1.54) is 5.56 Å². The van der Waals surface area contributed by atoms with Gasteiger partial charge in [-0.2, -0.15) is 14.9 Å². The van der Waals surface area contributed by atoms with Gasteiger partial charge in [0.05, 0.1) is 12.8 Å². The molecule has 0 bridgehead atoms. The first-order valence-electron chi connectivity index (χ1n) is 7.69. The molecule has 0 spiro atoms. The Kier molecular flexibility index (Phi) is 4.86. The highest BCUT2D eigenvalue weighted by Gasteiger charge is 2.07. The molecule has 0 aliphatic rings. The molecule has 0 saturated heterocycles. The minimum Gasteiger partial charge on any atom is -0.494 e. The SMILES string of the molecule is CCOc1ccc(/C=N\n2c(-c3ccc(C)cc3)n[nH]c2=S)cc1.